The summed E-state index contributed by atoms with van der Waals surface area (Å²) in [6.45, 7) is 6.11. The molecule has 0 saturated carbocycles. The summed E-state index contributed by atoms with van der Waals surface area (Å²) >= 11 is 1.65. The van der Waals surface area contributed by atoms with E-state index in [-0.39, 0.29) is 16.1 Å². The molecule has 2 aromatic rings. The van der Waals surface area contributed by atoms with E-state index >= 15 is 0 Å². The largest absolute Gasteiger partial charge is 0.310 e. The van der Waals surface area contributed by atoms with Gasteiger partial charge < -0.3 is 4.90 Å². The molecule has 0 saturated heterocycles. The molecule has 1 aliphatic heterocycles. The number of hydrogen-bond acceptors (Lipinski definition) is 4. The molecule has 1 amide bonds. The number of para-hydroxylation sites is 1. The van der Waals surface area contributed by atoms with Crippen LogP contribution in [0.2, 0.25) is 0 Å². The van der Waals surface area contributed by atoms with Crippen molar-refractivity contribution in [3.63, 3.8) is 0 Å². The molecule has 0 unspecified atom stereocenters. The van der Waals surface area contributed by atoms with Crippen LogP contribution in [0.1, 0.15) is 26.3 Å². The van der Waals surface area contributed by atoms with Gasteiger partial charge in [-0.05, 0) is 36.2 Å². The smallest absolute Gasteiger partial charge is 0.261 e. The molecule has 1 atom stereocenters. The van der Waals surface area contributed by atoms with Crippen molar-refractivity contribution in [2.75, 3.05) is 16.2 Å². The van der Waals surface area contributed by atoms with E-state index in [2.05, 4.69) is 11.6 Å². The highest BCUT2D eigenvalue weighted by molar-refractivity contribution is 8.00. The minimum atomic E-state index is -3.74. The van der Waals surface area contributed by atoms with Gasteiger partial charge in [-0.3, -0.25) is 9.52 Å². The van der Waals surface area contributed by atoms with Crippen molar-refractivity contribution >= 4 is 39.1 Å². The van der Waals surface area contributed by atoms with Crippen LogP contribution in [-0.2, 0) is 21.2 Å². The third kappa shape index (κ3) is 3.73. The Morgan fingerprint density at radius 1 is 1.27 bits per heavy atom. The minimum absolute atomic E-state index is 0.0859. The average Bonchev–Trinajstić information content (AvgIpc) is 2.60. The number of nitrogens with zero attached hydrogens (tertiary/aromatic N) is 1. The van der Waals surface area contributed by atoms with Crippen molar-refractivity contribution in [3.05, 3.63) is 48.0 Å². The standard InChI is InChI=1S/C19H22N2O3S2/c1-4-15-7-5-6-8-17(15)20-26(23,24)16-9-10-19-18(11-16)21(14(3)22)12-13(2)25-19/h5-11,13,20H,4,12H2,1-3H3/t13-/m0/s1. The number of carbonyl (C=O) groups excluding carboxylic acids is 1. The Morgan fingerprint density at radius 3 is 2.69 bits per heavy atom. The highest BCUT2D eigenvalue weighted by Gasteiger charge is 2.27. The molecular weight excluding hydrogens is 368 g/mol. The van der Waals surface area contributed by atoms with E-state index in [1.165, 1.54) is 6.92 Å². The number of rotatable bonds is 4. The third-order valence-electron chi connectivity index (χ3n) is 4.32. The number of hydrogen-bond donors (Lipinski definition) is 1. The number of fused-ring (bicyclic) bond motifs is 1. The van der Waals surface area contributed by atoms with E-state index in [9.17, 15) is 13.2 Å². The van der Waals surface area contributed by atoms with Crippen LogP contribution in [0.25, 0.3) is 0 Å². The lowest BCUT2D eigenvalue weighted by Gasteiger charge is -2.32. The van der Waals surface area contributed by atoms with Crippen molar-refractivity contribution in [2.24, 2.45) is 0 Å². The number of aryl methyl sites for hydroxylation is 1. The van der Waals surface area contributed by atoms with Gasteiger partial charge >= 0.3 is 0 Å². The number of nitrogens with one attached hydrogen (secondary N) is 1. The number of sulfonamides is 1. The fraction of sp³-hybridized carbons (Fsp3) is 0.316. The molecule has 0 aromatic heterocycles. The van der Waals surface area contributed by atoms with Crippen molar-refractivity contribution in [1.82, 2.24) is 0 Å². The number of benzene rings is 2. The van der Waals surface area contributed by atoms with Crippen molar-refractivity contribution in [3.8, 4) is 0 Å². The molecule has 0 fully saturated rings. The van der Waals surface area contributed by atoms with Crippen LogP contribution < -0.4 is 9.62 Å². The molecule has 2 aromatic carbocycles. The first-order chi connectivity index (χ1) is 12.3. The van der Waals surface area contributed by atoms with E-state index in [0.29, 0.717) is 17.9 Å². The summed E-state index contributed by atoms with van der Waals surface area (Å²) in [4.78, 5) is 14.7. The Hall–Kier alpha value is -1.99. The van der Waals surface area contributed by atoms with Gasteiger partial charge in [0.2, 0.25) is 5.91 Å². The summed E-state index contributed by atoms with van der Waals surface area (Å²) in [5, 5.41) is 0.267. The highest BCUT2D eigenvalue weighted by atomic mass is 32.2. The molecule has 26 heavy (non-hydrogen) atoms. The van der Waals surface area contributed by atoms with E-state index < -0.39 is 10.0 Å². The first-order valence-electron chi connectivity index (χ1n) is 8.51. The Morgan fingerprint density at radius 2 is 2.00 bits per heavy atom. The molecular formula is C19H22N2O3S2. The van der Waals surface area contributed by atoms with Crippen molar-refractivity contribution in [1.29, 1.82) is 0 Å². The van der Waals surface area contributed by atoms with Crippen LogP contribution in [0.3, 0.4) is 0 Å². The lowest BCUT2D eigenvalue weighted by Crippen LogP contribution is -2.37. The van der Waals surface area contributed by atoms with E-state index in [4.69, 9.17) is 0 Å². The van der Waals surface area contributed by atoms with Gasteiger partial charge in [0.25, 0.3) is 10.0 Å². The van der Waals surface area contributed by atoms with Crippen LogP contribution in [0, 0.1) is 0 Å². The van der Waals surface area contributed by atoms with Crippen LogP contribution in [0.15, 0.2) is 52.3 Å². The topological polar surface area (TPSA) is 66.5 Å². The Kier molecular flexibility index (Phi) is 5.29. The number of amides is 1. The van der Waals surface area contributed by atoms with Gasteiger partial charge in [0.05, 0.1) is 16.3 Å². The molecule has 0 spiro atoms. The molecule has 0 bridgehead atoms. The minimum Gasteiger partial charge on any atom is -0.310 e. The Labute approximate surface area is 158 Å². The molecule has 138 valence electrons. The molecule has 7 heteroatoms. The lowest BCUT2D eigenvalue weighted by molar-refractivity contribution is -0.116. The first kappa shape index (κ1) is 18.8. The Balaban J connectivity index is 1.99. The summed E-state index contributed by atoms with van der Waals surface area (Å²) in [7, 11) is -3.74. The fourth-order valence-corrected chi connectivity index (χ4v) is 5.23. The number of anilines is 2. The third-order valence-corrected chi connectivity index (χ3v) is 6.84. The van der Waals surface area contributed by atoms with Gasteiger partial charge in [0.1, 0.15) is 0 Å². The maximum Gasteiger partial charge on any atom is 0.261 e. The summed E-state index contributed by atoms with van der Waals surface area (Å²) in [6.07, 6.45) is 0.732. The van der Waals surface area contributed by atoms with Gasteiger partial charge in [-0.1, -0.05) is 32.0 Å². The zero-order chi connectivity index (χ0) is 18.9. The first-order valence-corrected chi connectivity index (χ1v) is 10.9. The maximum absolute atomic E-state index is 12.9. The SMILES string of the molecule is CCc1ccccc1NS(=O)(=O)c1ccc2c(c1)N(C(C)=O)C[C@H](C)S2. The number of thioether (sulfide) groups is 1. The van der Waals surface area contributed by atoms with Crippen LogP contribution in [0.4, 0.5) is 11.4 Å². The zero-order valence-electron chi connectivity index (χ0n) is 15.0. The van der Waals surface area contributed by atoms with E-state index in [0.717, 1.165) is 16.9 Å². The second kappa shape index (κ2) is 7.32. The summed E-state index contributed by atoms with van der Waals surface area (Å²) in [6, 6.07) is 12.3. The normalized spacial score (nSPS) is 16.9. The predicted molar refractivity (Wildman–Crippen MR) is 106 cm³/mol. The predicted octanol–water partition coefficient (Wildman–Crippen LogP) is 3.90. The van der Waals surface area contributed by atoms with Crippen LogP contribution >= 0.6 is 11.8 Å². The summed E-state index contributed by atoms with van der Waals surface area (Å²) in [5.41, 5.74) is 2.18. The van der Waals surface area contributed by atoms with E-state index in [1.54, 1.807) is 47.0 Å². The summed E-state index contributed by atoms with van der Waals surface area (Å²) in [5.74, 6) is -0.0859. The van der Waals surface area contributed by atoms with Crippen LogP contribution in [0.5, 0.6) is 0 Å². The molecule has 3 rings (SSSR count). The van der Waals surface area contributed by atoms with Crippen LogP contribution in [-0.4, -0.2) is 26.1 Å². The summed E-state index contributed by atoms with van der Waals surface area (Å²) < 4.78 is 28.4. The molecule has 0 radical (unpaired) electrons. The molecule has 5 nitrogen and oxygen atoms in total. The molecule has 0 aliphatic carbocycles. The van der Waals surface area contributed by atoms with Gasteiger partial charge in [-0.15, -0.1) is 11.8 Å². The van der Waals surface area contributed by atoms with Gasteiger partial charge in [0.15, 0.2) is 0 Å². The van der Waals surface area contributed by atoms with Crippen molar-refractivity contribution in [2.45, 2.75) is 42.2 Å². The van der Waals surface area contributed by atoms with Gasteiger partial charge in [0, 0.05) is 23.6 Å². The molecule has 1 heterocycles. The average molecular weight is 391 g/mol. The monoisotopic (exact) mass is 390 g/mol. The molecule has 1 N–H and O–H groups in total. The van der Waals surface area contributed by atoms with Gasteiger partial charge in [-0.25, -0.2) is 8.42 Å². The Bertz CT molecular complexity index is 942. The number of carbonyl (C=O) groups is 1. The zero-order valence-corrected chi connectivity index (χ0v) is 16.7. The van der Waals surface area contributed by atoms with Gasteiger partial charge in [-0.2, -0.15) is 0 Å². The van der Waals surface area contributed by atoms with Crippen molar-refractivity contribution < 1.29 is 13.2 Å². The molecule has 1 aliphatic rings. The second-order valence-electron chi connectivity index (χ2n) is 6.30. The second-order valence-corrected chi connectivity index (χ2v) is 9.47. The quantitative estimate of drug-likeness (QED) is 0.860. The lowest BCUT2D eigenvalue weighted by atomic mass is 10.1. The fourth-order valence-electron chi connectivity index (χ4n) is 3.01. The van der Waals surface area contributed by atoms with E-state index in [1.807, 2.05) is 19.1 Å². The highest BCUT2D eigenvalue weighted by Crippen LogP contribution is 2.40. The maximum atomic E-state index is 12.9.